The van der Waals surface area contributed by atoms with Gasteiger partial charge in [0, 0.05) is 22.9 Å². The smallest absolute Gasteiger partial charge is 0.195 e. The number of hydrogen-bond donors (Lipinski definition) is 2. The number of hydrogen-bond acceptors (Lipinski definition) is 3. The van der Waals surface area contributed by atoms with Crippen LogP contribution in [0.3, 0.4) is 0 Å². The van der Waals surface area contributed by atoms with Gasteiger partial charge in [-0.2, -0.15) is 0 Å². The Morgan fingerprint density at radius 2 is 1.75 bits per heavy atom. The molecule has 3 nitrogen and oxygen atoms in total. The quantitative estimate of drug-likeness (QED) is 0.593. The first kappa shape index (κ1) is 10.2. The molecule has 2 aromatic rings. The van der Waals surface area contributed by atoms with Gasteiger partial charge in [0.15, 0.2) is 5.78 Å². The molecule has 2 aromatic carbocycles. The van der Waals surface area contributed by atoms with Crippen molar-refractivity contribution in [2.75, 3.05) is 5.73 Å². The van der Waals surface area contributed by atoms with Gasteiger partial charge in [0.05, 0.1) is 0 Å². The molecule has 0 aromatic heterocycles. The Bertz CT molecular complexity index is 521. The Kier molecular flexibility index (Phi) is 2.60. The summed E-state index contributed by atoms with van der Waals surface area (Å²) in [7, 11) is 0. The average molecular weight is 213 g/mol. The third-order valence-electron chi connectivity index (χ3n) is 2.32. The van der Waals surface area contributed by atoms with E-state index in [1.165, 1.54) is 18.2 Å². The molecule has 0 saturated heterocycles. The number of anilines is 1. The summed E-state index contributed by atoms with van der Waals surface area (Å²) in [5.74, 6) is -0.0831. The Balaban J connectivity index is 2.42. The van der Waals surface area contributed by atoms with E-state index >= 15 is 0 Å². The lowest BCUT2D eigenvalue weighted by Crippen LogP contribution is -2.04. The first-order valence-electron chi connectivity index (χ1n) is 4.87. The molecular weight excluding hydrogens is 202 g/mol. The van der Waals surface area contributed by atoms with E-state index in [4.69, 9.17) is 5.73 Å². The number of phenolic OH excluding ortho intramolecular Hbond substituents is 1. The molecule has 0 atom stereocenters. The van der Waals surface area contributed by atoms with Crippen molar-refractivity contribution < 1.29 is 9.90 Å². The third-order valence-corrected chi connectivity index (χ3v) is 2.32. The van der Waals surface area contributed by atoms with Crippen molar-refractivity contribution in [3.8, 4) is 5.75 Å². The average Bonchev–Trinajstić information content (AvgIpc) is 2.29. The minimum Gasteiger partial charge on any atom is -0.508 e. The fraction of sp³-hybridized carbons (Fsp3) is 0. The molecule has 0 aliphatic heterocycles. The molecule has 2 rings (SSSR count). The highest BCUT2D eigenvalue weighted by molar-refractivity contribution is 6.12. The molecule has 0 heterocycles. The summed E-state index contributed by atoms with van der Waals surface area (Å²) in [5, 5.41) is 9.20. The Hall–Kier alpha value is -2.29. The van der Waals surface area contributed by atoms with Crippen molar-refractivity contribution in [3.63, 3.8) is 0 Å². The Labute approximate surface area is 93.1 Å². The van der Waals surface area contributed by atoms with Crippen LogP contribution in [0.2, 0.25) is 0 Å². The highest BCUT2D eigenvalue weighted by atomic mass is 16.3. The molecule has 16 heavy (non-hydrogen) atoms. The first-order valence-corrected chi connectivity index (χ1v) is 4.87. The van der Waals surface area contributed by atoms with E-state index in [-0.39, 0.29) is 17.2 Å². The van der Waals surface area contributed by atoms with Gasteiger partial charge >= 0.3 is 0 Å². The van der Waals surface area contributed by atoms with Crippen molar-refractivity contribution >= 4 is 11.5 Å². The zero-order chi connectivity index (χ0) is 11.5. The second kappa shape index (κ2) is 4.06. The largest absolute Gasteiger partial charge is 0.508 e. The maximum absolute atomic E-state index is 12.0. The topological polar surface area (TPSA) is 63.3 Å². The number of aromatic hydroxyl groups is 1. The summed E-state index contributed by atoms with van der Waals surface area (Å²) >= 11 is 0. The van der Waals surface area contributed by atoms with Crippen LogP contribution in [0.15, 0.2) is 48.5 Å². The van der Waals surface area contributed by atoms with Gasteiger partial charge < -0.3 is 10.8 Å². The van der Waals surface area contributed by atoms with Crippen LogP contribution in [0.4, 0.5) is 5.69 Å². The molecule has 80 valence electrons. The van der Waals surface area contributed by atoms with Crippen LogP contribution in [-0.4, -0.2) is 10.9 Å². The lowest BCUT2D eigenvalue weighted by atomic mass is 10.0. The molecular formula is C13H11NO2. The predicted molar refractivity (Wildman–Crippen MR) is 62.4 cm³/mol. The fourth-order valence-electron chi connectivity index (χ4n) is 1.50. The maximum Gasteiger partial charge on any atom is 0.195 e. The molecule has 0 unspecified atom stereocenters. The summed E-state index contributed by atoms with van der Waals surface area (Å²) in [6.07, 6.45) is 0. The normalized spacial score (nSPS) is 10.0. The highest BCUT2D eigenvalue weighted by Crippen LogP contribution is 2.21. The number of ketones is 1. The molecule has 0 spiro atoms. The summed E-state index contributed by atoms with van der Waals surface area (Å²) in [6, 6.07) is 13.2. The summed E-state index contributed by atoms with van der Waals surface area (Å²) in [4.78, 5) is 12.0. The zero-order valence-electron chi connectivity index (χ0n) is 8.55. The number of carbonyl (C=O) groups excluding carboxylic acids is 1. The zero-order valence-corrected chi connectivity index (χ0v) is 8.55. The van der Waals surface area contributed by atoms with E-state index < -0.39 is 0 Å². The van der Waals surface area contributed by atoms with Crippen molar-refractivity contribution in [2.24, 2.45) is 0 Å². The van der Waals surface area contributed by atoms with E-state index in [2.05, 4.69) is 0 Å². The molecule has 3 heteroatoms. The third kappa shape index (κ3) is 1.88. The number of rotatable bonds is 2. The van der Waals surface area contributed by atoms with Crippen LogP contribution in [0.1, 0.15) is 15.9 Å². The van der Waals surface area contributed by atoms with Gasteiger partial charge in [-0.3, -0.25) is 4.79 Å². The van der Waals surface area contributed by atoms with E-state index in [1.807, 2.05) is 6.07 Å². The Morgan fingerprint density at radius 1 is 1.06 bits per heavy atom. The number of nitrogen functional groups attached to an aromatic ring is 1. The molecule has 0 aliphatic carbocycles. The van der Waals surface area contributed by atoms with Crippen LogP contribution < -0.4 is 5.73 Å². The van der Waals surface area contributed by atoms with E-state index in [9.17, 15) is 9.90 Å². The lowest BCUT2D eigenvalue weighted by Gasteiger charge is -2.05. The van der Waals surface area contributed by atoms with Gasteiger partial charge in [-0.1, -0.05) is 30.3 Å². The Morgan fingerprint density at radius 3 is 2.38 bits per heavy atom. The number of phenols is 1. The first-order chi connectivity index (χ1) is 7.68. The molecule has 3 N–H and O–H groups in total. The number of carbonyl (C=O) groups is 1. The fourth-order valence-corrected chi connectivity index (χ4v) is 1.50. The van der Waals surface area contributed by atoms with Crippen LogP contribution in [0.25, 0.3) is 0 Å². The minimum atomic E-state index is -0.141. The number of nitrogens with two attached hydrogens (primary N) is 1. The van der Waals surface area contributed by atoms with Crippen LogP contribution in [-0.2, 0) is 0 Å². The van der Waals surface area contributed by atoms with Gasteiger partial charge in [-0.25, -0.2) is 0 Å². The standard InChI is InChI=1S/C13H11NO2/c14-12-8-10(15)6-7-11(12)13(16)9-4-2-1-3-5-9/h1-8,15H,14H2. The highest BCUT2D eigenvalue weighted by Gasteiger charge is 2.11. The molecule has 0 bridgehead atoms. The summed E-state index contributed by atoms with van der Waals surface area (Å²) < 4.78 is 0. The van der Waals surface area contributed by atoms with Crippen LogP contribution >= 0.6 is 0 Å². The van der Waals surface area contributed by atoms with Crippen molar-refractivity contribution in [3.05, 3.63) is 59.7 Å². The van der Waals surface area contributed by atoms with Gasteiger partial charge in [0.2, 0.25) is 0 Å². The lowest BCUT2D eigenvalue weighted by molar-refractivity contribution is 0.103. The summed E-state index contributed by atoms with van der Waals surface area (Å²) in [5.41, 5.74) is 6.95. The maximum atomic E-state index is 12.0. The van der Waals surface area contributed by atoms with Gasteiger partial charge in [0.1, 0.15) is 5.75 Å². The van der Waals surface area contributed by atoms with Crippen LogP contribution in [0.5, 0.6) is 5.75 Å². The molecule has 0 saturated carbocycles. The monoisotopic (exact) mass is 213 g/mol. The number of benzene rings is 2. The molecule has 0 amide bonds. The second-order valence-corrected chi connectivity index (χ2v) is 3.47. The SMILES string of the molecule is Nc1cc(O)ccc1C(=O)c1ccccc1. The van der Waals surface area contributed by atoms with E-state index in [0.717, 1.165) is 0 Å². The predicted octanol–water partition coefficient (Wildman–Crippen LogP) is 2.21. The van der Waals surface area contributed by atoms with E-state index in [1.54, 1.807) is 24.3 Å². The molecule has 0 aliphatic rings. The van der Waals surface area contributed by atoms with Crippen LogP contribution in [0, 0.1) is 0 Å². The second-order valence-electron chi connectivity index (χ2n) is 3.47. The minimum absolute atomic E-state index is 0.0575. The van der Waals surface area contributed by atoms with Gasteiger partial charge in [-0.05, 0) is 12.1 Å². The van der Waals surface area contributed by atoms with Gasteiger partial charge in [-0.15, -0.1) is 0 Å². The van der Waals surface area contributed by atoms with E-state index in [0.29, 0.717) is 11.1 Å². The molecule has 0 radical (unpaired) electrons. The van der Waals surface area contributed by atoms with Gasteiger partial charge in [0.25, 0.3) is 0 Å². The molecule has 0 fully saturated rings. The van der Waals surface area contributed by atoms with Crippen molar-refractivity contribution in [1.29, 1.82) is 0 Å². The summed E-state index contributed by atoms with van der Waals surface area (Å²) in [6.45, 7) is 0. The van der Waals surface area contributed by atoms with Crippen molar-refractivity contribution in [1.82, 2.24) is 0 Å². The van der Waals surface area contributed by atoms with Crippen molar-refractivity contribution in [2.45, 2.75) is 0 Å².